The zero-order valence-corrected chi connectivity index (χ0v) is 18.9. The molecule has 2 aromatic carbocycles. The third kappa shape index (κ3) is 3.88. The number of nitrogens with zero attached hydrogens (tertiary/aromatic N) is 3. The number of benzene rings is 2. The van der Waals surface area contributed by atoms with Gasteiger partial charge >= 0.3 is 0 Å². The van der Waals surface area contributed by atoms with Crippen molar-refractivity contribution in [1.82, 2.24) is 14.5 Å². The van der Waals surface area contributed by atoms with Crippen LogP contribution in [0.3, 0.4) is 0 Å². The monoisotopic (exact) mass is 432 g/mol. The fraction of sp³-hybridized carbons (Fsp3) is 0.462. The van der Waals surface area contributed by atoms with Gasteiger partial charge in [-0.1, -0.05) is 12.1 Å². The van der Waals surface area contributed by atoms with Crippen molar-refractivity contribution in [1.29, 1.82) is 0 Å². The summed E-state index contributed by atoms with van der Waals surface area (Å²) < 4.78 is 2.32. The summed E-state index contributed by atoms with van der Waals surface area (Å²) >= 11 is 0. The lowest BCUT2D eigenvalue weighted by atomic mass is 9.99. The number of rotatable bonds is 4. The molecule has 2 atom stereocenters. The summed E-state index contributed by atoms with van der Waals surface area (Å²) in [4.78, 5) is 20.1. The molecule has 1 saturated heterocycles. The molecule has 3 aromatic rings. The molecule has 5 rings (SSSR count). The van der Waals surface area contributed by atoms with Gasteiger partial charge in [-0.2, -0.15) is 0 Å². The first-order chi connectivity index (χ1) is 15.4. The number of carbonyl (C=O) groups is 1. The SMILES string of the molecule is Cc1ccc2c(c1)nc(CC(C)O)n2C1CCN(C(=O)C2Cc3ccc(N)cc3C2)CC1. The van der Waals surface area contributed by atoms with Crippen molar-refractivity contribution in [2.24, 2.45) is 5.92 Å². The van der Waals surface area contributed by atoms with E-state index in [9.17, 15) is 9.90 Å². The molecule has 1 aromatic heterocycles. The maximum atomic E-state index is 13.3. The highest BCUT2D eigenvalue weighted by molar-refractivity contribution is 5.81. The van der Waals surface area contributed by atoms with E-state index in [-0.39, 0.29) is 11.8 Å². The largest absolute Gasteiger partial charge is 0.399 e. The number of anilines is 1. The number of likely N-dealkylation sites (tertiary alicyclic amines) is 1. The van der Waals surface area contributed by atoms with Gasteiger partial charge in [-0.25, -0.2) is 4.98 Å². The highest BCUT2D eigenvalue weighted by atomic mass is 16.3. The van der Waals surface area contributed by atoms with Gasteiger partial charge in [-0.05, 0) is 80.5 Å². The van der Waals surface area contributed by atoms with Crippen LogP contribution in [-0.4, -0.2) is 44.7 Å². The van der Waals surface area contributed by atoms with E-state index >= 15 is 0 Å². The first-order valence-electron chi connectivity index (χ1n) is 11.7. The molecule has 1 amide bonds. The van der Waals surface area contributed by atoms with Crippen LogP contribution in [0.5, 0.6) is 0 Å². The third-order valence-corrected chi connectivity index (χ3v) is 7.05. The molecule has 2 aliphatic rings. The number of piperidine rings is 1. The number of carbonyl (C=O) groups excluding carboxylic acids is 1. The molecule has 32 heavy (non-hydrogen) atoms. The fourth-order valence-electron chi connectivity index (χ4n) is 5.49. The van der Waals surface area contributed by atoms with E-state index in [0.29, 0.717) is 12.5 Å². The summed E-state index contributed by atoms with van der Waals surface area (Å²) in [5.41, 5.74) is 12.5. The lowest BCUT2D eigenvalue weighted by Gasteiger charge is -2.35. The molecule has 2 unspecified atom stereocenters. The molecular weight excluding hydrogens is 400 g/mol. The molecule has 0 spiro atoms. The average molecular weight is 433 g/mol. The van der Waals surface area contributed by atoms with E-state index in [1.54, 1.807) is 0 Å². The summed E-state index contributed by atoms with van der Waals surface area (Å²) in [6.07, 6.45) is 3.53. The Morgan fingerprint density at radius 3 is 2.66 bits per heavy atom. The van der Waals surface area contributed by atoms with Gasteiger partial charge in [0.05, 0.1) is 17.1 Å². The lowest BCUT2D eigenvalue weighted by Crippen LogP contribution is -2.42. The molecule has 2 heterocycles. The smallest absolute Gasteiger partial charge is 0.226 e. The molecule has 0 bridgehead atoms. The predicted molar refractivity (Wildman–Crippen MR) is 126 cm³/mol. The van der Waals surface area contributed by atoms with Crippen molar-refractivity contribution in [3.63, 3.8) is 0 Å². The minimum absolute atomic E-state index is 0.0335. The Labute approximate surface area is 189 Å². The van der Waals surface area contributed by atoms with Crippen LogP contribution >= 0.6 is 0 Å². The first-order valence-corrected chi connectivity index (χ1v) is 11.7. The normalized spacial score (nSPS) is 20.0. The topological polar surface area (TPSA) is 84.4 Å². The molecule has 1 aliphatic heterocycles. The van der Waals surface area contributed by atoms with E-state index in [1.807, 2.05) is 24.0 Å². The van der Waals surface area contributed by atoms with Crippen molar-refractivity contribution in [2.45, 2.75) is 58.1 Å². The van der Waals surface area contributed by atoms with Gasteiger partial charge in [0.25, 0.3) is 0 Å². The summed E-state index contributed by atoms with van der Waals surface area (Å²) in [6.45, 7) is 5.41. The minimum Gasteiger partial charge on any atom is -0.399 e. The number of nitrogens with two attached hydrogens (primary N) is 1. The Hall–Kier alpha value is -2.86. The van der Waals surface area contributed by atoms with Crippen LogP contribution in [0.1, 0.15) is 48.3 Å². The number of aryl methyl sites for hydroxylation is 1. The van der Waals surface area contributed by atoms with Crippen LogP contribution in [0.2, 0.25) is 0 Å². The molecular formula is C26H32N4O2. The standard InChI is InChI=1S/C26H32N4O2/c1-16-3-6-24-23(11-16)28-25(12-17(2)31)30(24)22-7-9-29(10-8-22)26(32)20-13-18-4-5-21(27)15-19(18)14-20/h3-6,11,15,17,20,22,31H,7-10,12-14,27H2,1-2H3. The number of aliphatic hydroxyl groups is 1. The van der Waals surface area contributed by atoms with Gasteiger partial charge in [0.1, 0.15) is 5.82 Å². The van der Waals surface area contributed by atoms with Crippen LogP contribution in [-0.2, 0) is 24.1 Å². The number of aliphatic hydroxyl groups excluding tert-OH is 1. The van der Waals surface area contributed by atoms with Gasteiger partial charge in [0, 0.05) is 37.2 Å². The maximum absolute atomic E-state index is 13.3. The second kappa shape index (κ2) is 8.24. The van der Waals surface area contributed by atoms with Crippen LogP contribution < -0.4 is 5.73 Å². The zero-order chi connectivity index (χ0) is 22.4. The lowest BCUT2D eigenvalue weighted by molar-refractivity contribution is -0.136. The summed E-state index contributed by atoms with van der Waals surface area (Å²) in [5.74, 6) is 1.24. The van der Waals surface area contributed by atoms with Crippen molar-refractivity contribution in [3.05, 3.63) is 58.9 Å². The Bertz CT molecular complexity index is 1160. The fourth-order valence-corrected chi connectivity index (χ4v) is 5.49. The molecule has 1 fully saturated rings. The van der Waals surface area contributed by atoms with Gasteiger partial charge < -0.3 is 20.3 Å². The van der Waals surface area contributed by atoms with E-state index in [0.717, 1.165) is 61.3 Å². The highest BCUT2D eigenvalue weighted by Crippen LogP contribution is 2.33. The Morgan fingerprint density at radius 2 is 1.91 bits per heavy atom. The number of hydrogen-bond acceptors (Lipinski definition) is 4. The molecule has 1 aliphatic carbocycles. The second-order valence-corrected chi connectivity index (χ2v) is 9.63. The second-order valence-electron chi connectivity index (χ2n) is 9.63. The number of nitrogen functional groups attached to an aromatic ring is 1. The van der Waals surface area contributed by atoms with Crippen molar-refractivity contribution >= 4 is 22.6 Å². The van der Waals surface area contributed by atoms with Crippen molar-refractivity contribution in [3.8, 4) is 0 Å². The summed E-state index contributed by atoms with van der Waals surface area (Å²) in [7, 11) is 0. The Balaban J connectivity index is 1.31. The first kappa shape index (κ1) is 21.0. The van der Waals surface area contributed by atoms with Crippen LogP contribution in [0.25, 0.3) is 11.0 Å². The summed E-state index contributed by atoms with van der Waals surface area (Å²) in [6, 6.07) is 12.7. The predicted octanol–water partition coefficient (Wildman–Crippen LogP) is 3.43. The quantitative estimate of drug-likeness (QED) is 0.619. The van der Waals surface area contributed by atoms with Crippen LogP contribution in [0.15, 0.2) is 36.4 Å². The molecule has 0 radical (unpaired) electrons. The maximum Gasteiger partial charge on any atom is 0.226 e. The molecule has 168 valence electrons. The number of hydrogen-bond donors (Lipinski definition) is 2. The number of amides is 1. The van der Waals surface area contributed by atoms with Gasteiger partial charge in [-0.3, -0.25) is 4.79 Å². The van der Waals surface area contributed by atoms with E-state index < -0.39 is 6.10 Å². The number of fused-ring (bicyclic) bond motifs is 2. The Morgan fingerprint density at radius 1 is 1.16 bits per heavy atom. The van der Waals surface area contributed by atoms with Gasteiger partial charge in [-0.15, -0.1) is 0 Å². The highest BCUT2D eigenvalue weighted by Gasteiger charge is 2.33. The molecule has 3 N–H and O–H groups in total. The van der Waals surface area contributed by atoms with Crippen molar-refractivity contribution in [2.75, 3.05) is 18.8 Å². The van der Waals surface area contributed by atoms with E-state index in [4.69, 9.17) is 10.7 Å². The number of aromatic nitrogens is 2. The van der Waals surface area contributed by atoms with Gasteiger partial charge in [0.2, 0.25) is 5.91 Å². The average Bonchev–Trinajstić information content (AvgIpc) is 3.33. The van der Waals surface area contributed by atoms with Crippen LogP contribution in [0.4, 0.5) is 5.69 Å². The van der Waals surface area contributed by atoms with E-state index in [1.165, 1.54) is 16.7 Å². The van der Waals surface area contributed by atoms with Crippen molar-refractivity contribution < 1.29 is 9.90 Å². The minimum atomic E-state index is -0.439. The van der Waals surface area contributed by atoms with E-state index in [2.05, 4.69) is 35.8 Å². The number of imidazole rings is 1. The Kier molecular flexibility index (Phi) is 5.41. The third-order valence-electron chi connectivity index (χ3n) is 7.05. The zero-order valence-electron chi connectivity index (χ0n) is 18.9. The molecule has 6 nitrogen and oxygen atoms in total. The molecule has 0 saturated carbocycles. The van der Waals surface area contributed by atoms with Crippen LogP contribution in [0, 0.1) is 12.8 Å². The molecule has 6 heteroatoms. The van der Waals surface area contributed by atoms with Gasteiger partial charge in [0.15, 0.2) is 0 Å². The summed E-state index contributed by atoms with van der Waals surface area (Å²) in [5, 5.41) is 10.0.